The van der Waals surface area contributed by atoms with Crippen molar-refractivity contribution in [3.8, 4) is 0 Å². The van der Waals surface area contributed by atoms with Gasteiger partial charge in [-0.2, -0.15) is 0 Å². The van der Waals surface area contributed by atoms with E-state index in [0.717, 1.165) is 0 Å². The molecule has 0 unspecified atom stereocenters. The smallest absolute Gasteiger partial charge is 0.141 e. The highest BCUT2D eigenvalue weighted by Crippen LogP contribution is 1.78. The molecule has 0 aromatic heterocycles. The van der Waals surface area contributed by atoms with Crippen molar-refractivity contribution >= 4 is 5.71 Å². The molecule has 0 rings (SSSR count). The van der Waals surface area contributed by atoms with E-state index in [1.165, 1.54) is 5.71 Å². The van der Waals surface area contributed by atoms with Gasteiger partial charge in [0.05, 0.1) is 0 Å². The lowest BCUT2D eigenvalue weighted by Crippen LogP contribution is -2.04. The maximum absolute atomic E-state index is 3.88. The first kappa shape index (κ1) is 6.47. The minimum absolute atomic E-state index is 1.21. The number of hydrogen-bond donors (Lipinski definition) is 0. The molecule has 0 bridgehead atoms. The van der Waals surface area contributed by atoms with Gasteiger partial charge in [-0.25, -0.2) is 0 Å². The van der Waals surface area contributed by atoms with E-state index in [-0.39, 0.29) is 0 Å². The summed E-state index contributed by atoms with van der Waals surface area (Å²) in [6.45, 7) is 4.04. The number of rotatable bonds is 1. The lowest BCUT2D eigenvalue weighted by Gasteiger charge is -2.05. The van der Waals surface area contributed by atoms with Gasteiger partial charge >= 0.3 is 0 Å². The van der Waals surface area contributed by atoms with Crippen LogP contribution in [0, 0.1) is 0 Å². The van der Waals surface area contributed by atoms with Crippen molar-refractivity contribution in [3.63, 3.8) is 0 Å². The predicted octanol–water partition coefficient (Wildman–Crippen LogP) is 1.03. The van der Waals surface area contributed by atoms with Crippen molar-refractivity contribution in [2.45, 2.75) is 13.8 Å². The van der Waals surface area contributed by atoms with E-state index >= 15 is 0 Å². The SMILES string of the molecule is C[N-][N+](C)=C(C)C. The van der Waals surface area contributed by atoms with E-state index in [1.54, 1.807) is 7.05 Å². The van der Waals surface area contributed by atoms with E-state index in [4.69, 9.17) is 0 Å². The molecule has 0 N–H and O–H groups in total. The summed E-state index contributed by atoms with van der Waals surface area (Å²) >= 11 is 0. The van der Waals surface area contributed by atoms with Gasteiger partial charge in [-0.15, -0.1) is 0 Å². The van der Waals surface area contributed by atoms with Crippen LogP contribution in [0.5, 0.6) is 0 Å². The van der Waals surface area contributed by atoms with Crippen LogP contribution in [0.1, 0.15) is 13.8 Å². The zero-order valence-corrected chi connectivity index (χ0v) is 5.39. The van der Waals surface area contributed by atoms with Gasteiger partial charge in [0.15, 0.2) is 0 Å². The fourth-order valence-electron chi connectivity index (χ4n) is 0.200. The van der Waals surface area contributed by atoms with Crippen molar-refractivity contribution in [1.82, 2.24) is 0 Å². The third kappa shape index (κ3) is 2.20. The maximum Gasteiger partial charge on any atom is 0.141 e. The molecule has 0 spiro atoms. The van der Waals surface area contributed by atoms with Gasteiger partial charge < -0.3 is 5.43 Å². The van der Waals surface area contributed by atoms with Gasteiger partial charge in [-0.05, 0) is 0 Å². The average Bonchev–Trinajstić information content (AvgIpc) is 1.65. The van der Waals surface area contributed by atoms with Gasteiger partial charge in [0.2, 0.25) is 0 Å². The third-order valence-electron chi connectivity index (χ3n) is 0.947. The molecule has 0 aromatic carbocycles. The molecule has 0 heterocycles. The van der Waals surface area contributed by atoms with Crippen molar-refractivity contribution in [2.24, 2.45) is 0 Å². The van der Waals surface area contributed by atoms with Gasteiger partial charge in [0.1, 0.15) is 12.8 Å². The molecule has 0 atom stereocenters. The Balaban J connectivity index is 3.72. The molecule has 0 aromatic rings. The van der Waals surface area contributed by atoms with E-state index in [2.05, 4.69) is 5.43 Å². The second-order valence-electron chi connectivity index (χ2n) is 1.67. The fourth-order valence-corrected chi connectivity index (χ4v) is 0.200. The van der Waals surface area contributed by atoms with Crippen molar-refractivity contribution in [1.29, 1.82) is 0 Å². The molecule has 0 fully saturated rings. The molecule has 2 heteroatoms. The Labute approximate surface area is 44.8 Å². The van der Waals surface area contributed by atoms with Crippen LogP contribution in [0.4, 0.5) is 0 Å². The zero-order valence-electron chi connectivity index (χ0n) is 5.39. The lowest BCUT2D eigenvalue weighted by molar-refractivity contribution is -0.443. The Morgan fingerprint density at radius 3 is 1.86 bits per heavy atom. The average molecular weight is 100 g/mol. The summed E-state index contributed by atoms with van der Waals surface area (Å²) in [5.74, 6) is 0. The minimum Gasteiger partial charge on any atom is -0.444 e. The Morgan fingerprint density at radius 1 is 1.43 bits per heavy atom. The van der Waals surface area contributed by atoms with Gasteiger partial charge in [0.25, 0.3) is 0 Å². The highest BCUT2D eigenvalue weighted by Gasteiger charge is 1.81. The molecule has 0 saturated heterocycles. The Kier molecular flexibility index (Phi) is 2.41. The predicted molar refractivity (Wildman–Crippen MR) is 31.8 cm³/mol. The summed E-state index contributed by atoms with van der Waals surface area (Å²) in [5, 5.41) is 0. The zero-order chi connectivity index (χ0) is 5.86. The molecule has 0 radical (unpaired) electrons. The third-order valence-corrected chi connectivity index (χ3v) is 0.947. The van der Waals surface area contributed by atoms with Crippen LogP contribution < -0.4 is 0 Å². The van der Waals surface area contributed by atoms with Crippen LogP contribution in [-0.4, -0.2) is 24.5 Å². The summed E-state index contributed by atoms with van der Waals surface area (Å²) in [4.78, 5) is 0. The first-order chi connectivity index (χ1) is 3.18. The summed E-state index contributed by atoms with van der Waals surface area (Å²) < 4.78 is 1.83. The minimum atomic E-state index is 1.21. The summed E-state index contributed by atoms with van der Waals surface area (Å²) in [5.41, 5.74) is 5.09. The number of nitrogens with zero attached hydrogens (tertiary/aromatic N) is 2. The van der Waals surface area contributed by atoms with E-state index in [1.807, 2.05) is 25.6 Å². The molecular weight excluding hydrogens is 88.1 g/mol. The molecule has 7 heavy (non-hydrogen) atoms. The second-order valence-corrected chi connectivity index (χ2v) is 1.67. The molecule has 42 valence electrons. The second kappa shape index (κ2) is 2.61. The molecule has 0 amide bonds. The largest absolute Gasteiger partial charge is 0.444 e. The highest BCUT2D eigenvalue weighted by molar-refractivity contribution is 5.73. The number of hydrogen-bond acceptors (Lipinski definition) is 0. The summed E-state index contributed by atoms with van der Waals surface area (Å²) in [6.07, 6.45) is 0. The standard InChI is InChI=1S/C5H12N2/c1-5(2)7(4)6-3/h1-4H3. The Morgan fingerprint density at radius 2 is 1.86 bits per heavy atom. The van der Waals surface area contributed by atoms with E-state index in [9.17, 15) is 0 Å². The molecular formula is C5H12N2. The molecule has 0 aliphatic rings. The molecule has 0 aliphatic carbocycles. The van der Waals surface area contributed by atoms with Crippen LogP contribution >= 0.6 is 0 Å². The fraction of sp³-hybridized carbons (Fsp3) is 0.800. The first-order valence-electron chi connectivity index (χ1n) is 2.32. The van der Waals surface area contributed by atoms with Gasteiger partial charge in [-0.1, -0.05) is 7.05 Å². The topological polar surface area (TPSA) is 17.1 Å². The quantitative estimate of drug-likeness (QED) is 0.266. The van der Waals surface area contributed by atoms with Crippen molar-refractivity contribution in [3.05, 3.63) is 5.43 Å². The van der Waals surface area contributed by atoms with Crippen molar-refractivity contribution < 1.29 is 4.68 Å². The van der Waals surface area contributed by atoms with Gasteiger partial charge in [0, 0.05) is 13.8 Å². The first-order valence-corrected chi connectivity index (χ1v) is 2.32. The van der Waals surface area contributed by atoms with Crippen LogP contribution in [0.15, 0.2) is 0 Å². The summed E-state index contributed by atoms with van der Waals surface area (Å²) in [7, 11) is 3.70. The monoisotopic (exact) mass is 100 g/mol. The van der Waals surface area contributed by atoms with Crippen LogP contribution in [0.3, 0.4) is 0 Å². The highest BCUT2D eigenvalue weighted by atomic mass is 15.4. The van der Waals surface area contributed by atoms with Gasteiger partial charge in [-0.3, -0.25) is 4.68 Å². The molecule has 2 nitrogen and oxygen atoms in total. The van der Waals surface area contributed by atoms with Crippen LogP contribution in [0.2, 0.25) is 0 Å². The summed E-state index contributed by atoms with van der Waals surface area (Å²) in [6, 6.07) is 0. The lowest BCUT2D eigenvalue weighted by atomic mass is 10.5. The van der Waals surface area contributed by atoms with E-state index < -0.39 is 0 Å². The van der Waals surface area contributed by atoms with Crippen LogP contribution in [0.25, 0.3) is 5.43 Å². The Bertz CT molecular complexity index is 80.1. The normalized spacial score (nSPS) is 8.00. The van der Waals surface area contributed by atoms with Crippen LogP contribution in [-0.2, 0) is 0 Å². The molecule has 0 saturated carbocycles. The maximum atomic E-state index is 3.88. The van der Waals surface area contributed by atoms with E-state index in [0.29, 0.717) is 0 Å². The Hall–Kier alpha value is -0.530. The molecule has 0 aliphatic heterocycles. The van der Waals surface area contributed by atoms with Crippen molar-refractivity contribution in [2.75, 3.05) is 14.1 Å².